The molecule has 2 rings (SSSR count). The van der Waals surface area contributed by atoms with Crippen molar-refractivity contribution in [3.05, 3.63) is 34.9 Å². The third-order valence-electron chi connectivity index (χ3n) is 2.65. The van der Waals surface area contributed by atoms with Crippen molar-refractivity contribution < 1.29 is 5.11 Å². The first-order valence-electron chi connectivity index (χ1n) is 4.94. The maximum Gasteiger partial charge on any atom is 0.0735 e. The van der Waals surface area contributed by atoms with Crippen molar-refractivity contribution in [2.75, 3.05) is 6.54 Å². The van der Waals surface area contributed by atoms with Gasteiger partial charge in [0.1, 0.15) is 0 Å². The Kier molecular flexibility index (Phi) is 3.06. The van der Waals surface area contributed by atoms with Crippen LogP contribution in [0.5, 0.6) is 0 Å². The zero-order valence-corrected chi connectivity index (χ0v) is 8.67. The average molecular weight is 212 g/mol. The molecule has 1 aromatic rings. The molecule has 0 radical (unpaired) electrons. The number of piperidine rings is 1. The lowest BCUT2D eigenvalue weighted by molar-refractivity contribution is 0.0965. The third kappa shape index (κ3) is 2.08. The molecule has 0 aliphatic carbocycles. The van der Waals surface area contributed by atoms with Gasteiger partial charge >= 0.3 is 0 Å². The number of aliphatic hydroxyl groups is 1. The molecule has 0 saturated carbocycles. The first-order valence-corrected chi connectivity index (χ1v) is 5.32. The van der Waals surface area contributed by atoms with Gasteiger partial charge in [-0.05, 0) is 37.1 Å². The van der Waals surface area contributed by atoms with Gasteiger partial charge < -0.3 is 10.4 Å². The second-order valence-electron chi connectivity index (χ2n) is 3.69. The van der Waals surface area contributed by atoms with Crippen molar-refractivity contribution >= 4 is 11.6 Å². The predicted octanol–water partition coefficient (Wildman–Crippen LogP) is 2.13. The molecule has 1 aromatic carbocycles. The summed E-state index contributed by atoms with van der Waals surface area (Å²) in [6.45, 7) is 0.977. The van der Waals surface area contributed by atoms with Crippen molar-refractivity contribution in [3.63, 3.8) is 0 Å². The largest absolute Gasteiger partial charge is 0.391 e. The number of benzene rings is 1. The molecular weight excluding hydrogens is 198 g/mol. The molecule has 2 unspecified atom stereocenters. The van der Waals surface area contributed by atoms with Gasteiger partial charge in [0, 0.05) is 5.02 Å². The van der Waals surface area contributed by atoms with Gasteiger partial charge in [0.2, 0.25) is 0 Å². The number of hydrogen-bond donors (Lipinski definition) is 2. The molecule has 1 saturated heterocycles. The van der Waals surface area contributed by atoms with Gasteiger partial charge in [0.15, 0.2) is 0 Å². The van der Waals surface area contributed by atoms with Crippen LogP contribution in [0, 0.1) is 0 Å². The summed E-state index contributed by atoms with van der Waals surface area (Å²) in [6, 6.07) is 7.73. The van der Waals surface area contributed by atoms with Crippen LogP contribution in [0.25, 0.3) is 0 Å². The molecule has 0 spiro atoms. The lowest BCUT2D eigenvalue weighted by Gasteiger charge is -2.29. The van der Waals surface area contributed by atoms with Gasteiger partial charge in [-0.3, -0.25) is 0 Å². The maximum atomic E-state index is 9.80. The van der Waals surface area contributed by atoms with Crippen molar-refractivity contribution in [2.24, 2.45) is 0 Å². The Morgan fingerprint density at radius 3 is 2.64 bits per heavy atom. The molecule has 2 N–H and O–H groups in total. The normalized spacial score (nSPS) is 27.6. The van der Waals surface area contributed by atoms with E-state index in [1.54, 1.807) is 0 Å². The van der Waals surface area contributed by atoms with Crippen molar-refractivity contribution in [1.82, 2.24) is 5.32 Å². The maximum absolute atomic E-state index is 9.80. The predicted molar refractivity (Wildman–Crippen MR) is 57.4 cm³/mol. The van der Waals surface area contributed by atoms with Gasteiger partial charge in [0.05, 0.1) is 12.1 Å². The highest BCUT2D eigenvalue weighted by Crippen LogP contribution is 2.24. The summed E-state index contributed by atoms with van der Waals surface area (Å²) in [7, 11) is 0. The number of aliphatic hydroxyl groups excluding tert-OH is 1. The smallest absolute Gasteiger partial charge is 0.0735 e. The zero-order valence-electron chi connectivity index (χ0n) is 7.91. The molecule has 2 nitrogen and oxygen atoms in total. The zero-order chi connectivity index (χ0) is 9.97. The van der Waals surface area contributed by atoms with Crippen LogP contribution in [0.2, 0.25) is 5.02 Å². The number of rotatable bonds is 1. The monoisotopic (exact) mass is 211 g/mol. The minimum atomic E-state index is -0.273. The first kappa shape index (κ1) is 9.97. The molecule has 3 heteroatoms. The highest BCUT2D eigenvalue weighted by molar-refractivity contribution is 6.30. The van der Waals surface area contributed by atoms with E-state index >= 15 is 0 Å². The second kappa shape index (κ2) is 4.30. The molecular formula is C11H14ClNO. The van der Waals surface area contributed by atoms with Crippen LogP contribution < -0.4 is 5.32 Å². The van der Waals surface area contributed by atoms with Crippen LogP contribution in [0.3, 0.4) is 0 Å². The van der Waals surface area contributed by atoms with Gasteiger partial charge in [-0.15, -0.1) is 0 Å². The fourth-order valence-corrected chi connectivity index (χ4v) is 2.01. The minimum Gasteiger partial charge on any atom is -0.391 e. The summed E-state index contributed by atoms with van der Waals surface area (Å²) in [5.41, 5.74) is 1.11. The van der Waals surface area contributed by atoms with Crippen LogP contribution in [0.15, 0.2) is 24.3 Å². The van der Waals surface area contributed by atoms with Gasteiger partial charge in [-0.1, -0.05) is 23.7 Å². The van der Waals surface area contributed by atoms with Crippen molar-refractivity contribution in [1.29, 1.82) is 0 Å². The number of halogens is 1. The number of nitrogens with one attached hydrogen (secondary N) is 1. The van der Waals surface area contributed by atoms with Gasteiger partial charge in [-0.2, -0.15) is 0 Å². The van der Waals surface area contributed by atoms with E-state index < -0.39 is 0 Å². The third-order valence-corrected chi connectivity index (χ3v) is 2.91. The van der Waals surface area contributed by atoms with E-state index in [-0.39, 0.29) is 12.1 Å². The van der Waals surface area contributed by atoms with Gasteiger partial charge in [-0.25, -0.2) is 0 Å². The molecule has 1 aliphatic rings. The van der Waals surface area contributed by atoms with E-state index in [0.717, 1.165) is 30.0 Å². The van der Waals surface area contributed by atoms with Crippen LogP contribution >= 0.6 is 11.6 Å². The summed E-state index contributed by atoms with van der Waals surface area (Å²) in [6.07, 6.45) is 1.65. The SMILES string of the molecule is OC1CCCNC1c1ccc(Cl)cc1. The Balaban J connectivity index is 2.16. The highest BCUT2D eigenvalue weighted by atomic mass is 35.5. The average Bonchev–Trinajstić information content (AvgIpc) is 2.20. The molecule has 1 heterocycles. The van der Waals surface area contributed by atoms with Crippen LogP contribution in [-0.4, -0.2) is 17.8 Å². The Hall–Kier alpha value is -0.570. The van der Waals surface area contributed by atoms with Crippen molar-refractivity contribution in [3.8, 4) is 0 Å². The van der Waals surface area contributed by atoms with E-state index in [4.69, 9.17) is 11.6 Å². The van der Waals surface area contributed by atoms with Gasteiger partial charge in [0.25, 0.3) is 0 Å². The fraction of sp³-hybridized carbons (Fsp3) is 0.455. The molecule has 1 aliphatic heterocycles. The van der Waals surface area contributed by atoms with E-state index in [1.807, 2.05) is 24.3 Å². The standard InChI is InChI=1S/C11H14ClNO/c12-9-5-3-8(4-6-9)11-10(14)2-1-7-13-11/h3-6,10-11,13-14H,1-2,7H2. The molecule has 0 aromatic heterocycles. The Morgan fingerprint density at radius 1 is 1.29 bits per heavy atom. The molecule has 2 atom stereocenters. The Labute approximate surface area is 88.9 Å². The Morgan fingerprint density at radius 2 is 2.00 bits per heavy atom. The van der Waals surface area contributed by atoms with Crippen LogP contribution in [0.1, 0.15) is 24.4 Å². The lowest BCUT2D eigenvalue weighted by Crippen LogP contribution is -2.37. The molecule has 0 amide bonds. The molecule has 76 valence electrons. The van der Waals surface area contributed by atoms with E-state index in [0.29, 0.717) is 0 Å². The lowest BCUT2D eigenvalue weighted by atomic mass is 9.95. The fourth-order valence-electron chi connectivity index (χ4n) is 1.88. The molecule has 14 heavy (non-hydrogen) atoms. The number of hydrogen-bond acceptors (Lipinski definition) is 2. The van der Waals surface area contributed by atoms with E-state index in [2.05, 4.69) is 5.32 Å². The second-order valence-corrected chi connectivity index (χ2v) is 4.13. The first-order chi connectivity index (χ1) is 6.77. The summed E-state index contributed by atoms with van der Waals surface area (Å²) in [5, 5.41) is 13.8. The topological polar surface area (TPSA) is 32.3 Å². The summed E-state index contributed by atoms with van der Waals surface area (Å²) in [5.74, 6) is 0. The summed E-state index contributed by atoms with van der Waals surface area (Å²) in [4.78, 5) is 0. The highest BCUT2D eigenvalue weighted by Gasteiger charge is 2.23. The Bertz CT molecular complexity index is 299. The van der Waals surface area contributed by atoms with Crippen LogP contribution in [-0.2, 0) is 0 Å². The van der Waals surface area contributed by atoms with E-state index in [1.165, 1.54) is 0 Å². The van der Waals surface area contributed by atoms with Crippen LogP contribution in [0.4, 0.5) is 0 Å². The molecule has 1 fully saturated rings. The molecule has 0 bridgehead atoms. The van der Waals surface area contributed by atoms with Crippen molar-refractivity contribution in [2.45, 2.75) is 25.0 Å². The quantitative estimate of drug-likeness (QED) is 0.746. The summed E-state index contributed by atoms with van der Waals surface area (Å²) < 4.78 is 0. The minimum absolute atomic E-state index is 0.0704. The summed E-state index contributed by atoms with van der Waals surface area (Å²) >= 11 is 5.80. The van der Waals surface area contributed by atoms with E-state index in [9.17, 15) is 5.11 Å².